The van der Waals surface area contributed by atoms with Gasteiger partial charge in [0.25, 0.3) is 0 Å². The van der Waals surface area contributed by atoms with E-state index in [1.807, 2.05) is 0 Å². The molecule has 0 unspecified atom stereocenters. The third-order valence-electron chi connectivity index (χ3n) is 3.29. The summed E-state index contributed by atoms with van der Waals surface area (Å²) in [6.45, 7) is 0. The van der Waals surface area contributed by atoms with Gasteiger partial charge < -0.3 is 20.1 Å². The predicted octanol–water partition coefficient (Wildman–Crippen LogP) is 4.38. The van der Waals surface area contributed by atoms with Crippen LogP contribution in [-0.4, -0.2) is 31.3 Å². The van der Waals surface area contributed by atoms with Crippen LogP contribution in [0.5, 0.6) is 0 Å². The average Bonchev–Trinajstić information content (AvgIpc) is 2.64. The van der Waals surface area contributed by atoms with Crippen LogP contribution in [0, 0.1) is 0 Å². The highest BCUT2D eigenvalue weighted by Gasteiger charge is 2.17. The molecule has 9 heteroatoms. The number of carbonyl (C=O) groups is 2. The molecule has 0 aliphatic heterocycles. The summed E-state index contributed by atoms with van der Waals surface area (Å²) < 4.78 is 9.42. The molecule has 0 saturated carbocycles. The van der Waals surface area contributed by atoms with Crippen molar-refractivity contribution in [2.75, 3.05) is 24.9 Å². The molecule has 0 spiro atoms. The molecule has 136 valence electrons. The predicted molar refractivity (Wildman–Crippen MR) is 105 cm³/mol. The number of halogens is 2. The van der Waals surface area contributed by atoms with Gasteiger partial charge in [0, 0.05) is 0 Å². The first-order valence-electron chi connectivity index (χ1n) is 7.20. The number of thiocarbonyl (C=S) groups is 1. The van der Waals surface area contributed by atoms with E-state index in [2.05, 4.69) is 15.4 Å². The number of anilines is 2. The first-order valence-corrected chi connectivity index (χ1v) is 8.36. The monoisotopic (exact) mass is 412 g/mol. The van der Waals surface area contributed by atoms with Crippen molar-refractivity contribution in [3.63, 3.8) is 0 Å². The van der Waals surface area contributed by atoms with E-state index in [-0.39, 0.29) is 21.9 Å². The minimum atomic E-state index is -0.590. The molecule has 0 fully saturated rings. The van der Waals surface area contributed by atoms with Crippen molar-refractivity contribution in [1.29, 1.82) is 0 Å². The molecule has 0 radical (unpaired) electrons. The largest absolute Gasteiger partial charge is 0.465 e. The third kappa shape index (κ3) is 4.63. The minimum absolute atomic E-state index is 0.140. The van der Waals surface area contributed by atoms with Crippen molar-refractivity contribution in [3.8, 4) is 0 Å². The van der Waals surface area contributed by atoms with Crippen LogP contribution in [0.15, 0.2) is 36.4 Å². The maximum absolute atomic E-state index is 11.9. The molecule has 0 amide bonds. The molecule has 2 aromatic rings. The number of hydrogen-bond acceptors (Lipinski definition) is 5. The standard InChI is InChI=1S/C17H14Cl2N2O4S/c1-24-15(22)9-6-7-10(16(23)25-2)13(8-9)21-17(26)20-12-5-3-4-11(18)14(12)19/h3-8H,1-2H3,(H2,20,21,26). The zero-order chi connectivity index (χ0) is 19.3. The number of ether oxygens (including phenoxy) is 2. The van der Waals surface area contributed by atoms with Crippen molar-refractivity contribution in [2.24, 2.45) is 0 Å². The van der Waals surface area contributed by atoms with Gasteiger partial charge in [0.1, 0.15) is 0 Å². The lowest BCUT2D eigenvalue weighted by Crippen LogP contribution is -2.21. The number of carbonyl (C=O) groups excluding carboxylic acids is 2. The van der Waals surface area contributed by atoms with Crippen LogP contribution < -0.4 is 10.6 Å². The number of nitrogens with one attached hydrogen (secondary N) is 2. The number of hydrogen-bond donors (Lipinski definition) is 2. The SMILES string of the molecule is COC(=O)c1ccc(C(=O)OC)c(NC(=S)Nc2cccc(Cl)c2Cl)c1. The first-order chi connectivity index (χ1) is 12.4. The van der Waals surface area contributed by atoms with Gasteiger partial charge >= 0.3 is 11.9 Å². The van der Waals surface area contributed by atoms with Gasteiger partial charge in [-0.05, 0) is 42.5 Å². The second-order valence-electron chi connectivity index (χ2n) is 4.92. The molecule has 0 aliphatic carbocycles. The summed E-state index contributed by atoms with van der Waals surface area (Å²) in [5.74, 6) is -1.14. The average molecular weight is 413 g/mol. The first kappa shape index (κ1) is 20.0. The Balaban J connectivity index is 2.30. The van der Waals surface area contributed by atoms with Gasteiger partial charge in [-0.2, -0.15) is 0 Å². The lowest BCUT2D eigenvalue weighted by Gasteiger charge is -2.15. The van der Waals surface area contributed by atoms with Crippen molar-refractivity contribution >= 4 is 63.8 Å². The van der Waals surface area contributed by atoms with Gasteiger partial charge in [-0.1, -0.05) is 29.3 Å². The van der Waals surface area contributed by atoms with Crippen LogP contribution in [0.3, 0.4) is 0 Å². The number of benzene rings is 2. The fourth-order valence-electron chi connectivity index (χ4n) is 2.06. The van der Waals surface area contributed by atoms with E-state index in [0.717, 1.165) is 0 Å². The van der Waals surface area contributed by atoms with Gasteiger partial charge in [-0.25, -0.2) is 9.59 Å². The van der Waals surface area contributed by atoms with Crippen molar-refractivity contribution in [3.05, 3.63) is 57.6 Å². The van der Waals surface area contributed by atoms with E-state index in [9.17, 15) is 9.59 Å². The zero-order valence-electron chi connectivity index (χ0n) is 13.8. The molecule has 0 heterocycles. The Hall–Kier alpha value is -2.35. The molecule has 0 aliphatic rings. The summed E-state index contributed by atoms with van der Waals surface area (Å²) in [5.41, 5.74) is 1.20. The Morgan fingerprint density at radius 1 is 0.962 bits per heavy atom. The van der Waals surface area contributed by atoms with Gasteiger partial charge in [0.15, 0.2) is 5.11 Å². The molecule has 26 heavy (non-hydrogen) atoms. The molecule has 2 N–H and O–H groups in total. The molecule has 6 nitrogen and oxygen atoms in total. The molecule has 0 atom stereocenters. The Labute approximate surface area is 165 Å². The maximum Gasteiger partial charge on any atom is 0.339 e. The van der Waals surface area contributed by atoms with Crippen LogP contribution >= 0.6 is 35.4 Å². The fourth-order valence-corrected chi connectivity index (χ4v) is 2.62. The molecule has 0 bridgehead atoms. The Morgan fingerprint density at radius 3 is 2.27 bits per heavy atom. The summed E-state index contributed by atoms with van der Waals surface area (Å²) in [6.07, 6.45) is 0. The van der Waals surface area contributed by atoms with Crippen molar-refractivity contribution in [1.82, 2.24) is 0 Å². The van der Waals surface area contributed by atoms with Gasteiger partial charge in [-0.3, -0.25) is 0 Å². The molecular formula is C17H14Cl2N2O4S. The van der Waals surface area contributed by atoms with E-state index in [1.165, 1.54) is 32.4 Å². The van der Waals surface area contributed by atoms with Gasteiger partial charge in [0.05, 0.1) is 46.8 Å². The highest BCUT2D eigenvalue weighted by Crippen LogP contribution is 2.29. The highest BCUT2D eigenvalue weighted by atomic mass is 35.5. The smallest absolute Gasteiger partial charge is 0.339 e. The third-order valence-corrected chi connectivity index (χ3v) is 4.32. The fraction of sp³-hybridized carbons (Fsp3) is 0.118. The van der Waals surface area contributed by atoms with Crippen LogP contribution in [0.25, 0.3) is 0 Å². The summed E-state index contributed by atoms with van der Waals surface area (Å²) in [6, 6.07) is 9.36. The summed E-state index contributed by atoms with van der Waals surface area (Å²) in [7, 11) is 2.51. The lowest BCUT2D eigenvalue weighted by molar-refractivity contribution is 0.0587. The molecule has 0 saturated heterocycles. The lowest BCUT2D eigenvalue weighted by atomic mass is 10.1. The number of rotatable bonds is 4. The van der Waals surface area contributed by atoms with E-state index in [0.29, 0.717) is 15.7 Å². The molecule has 0 aromatic heterocycles. The van der Waals surface area contributed by atoms with Crippen molar-refractivity contribution < 1.29 is 19.1 Å². The van der Waals surface area contributed by atoms with Gasteiger partial charge in [-0.15, -0.1) is 0 Å². The second-order valence-corrected chi connectivity index (χ2v) is 6.12. The topological polar surface area (TPSA) is 76.7 Å². The van der Waals surface area contributed by atoms with Crippen LogP contribution in [0.1, 0.15) is 20.7 Å². The normalized spacial score (nSPS) is 10.0. The van der Waals surface area contributed by atoms with E-state index >= 15 is 0 Å². The Bertz CT molecular complexity index is 874. The highest BCUT2D eigenvalue weighted by molar-refractivity contribution is 7.80. The van der Waals surface area contributed by atoms with Crippen LogP contribution in [-0.2, 0) is 9.47 Å². The summed E-state index contributed by atoms with van der Waals surface area (Å²) in [5, 5.41) is 6.54. The van der Waals surface area contributed by atoms with Crippen LogP contribution in [0.4, 0.5) is 11.4 Å². The number of esters is 2. The zero-order valence-corrected chi connectivity index (χ0v) is 16.1. The van der Waals surface area contributed by atoms with E-state index in [1.54, 1.807) is 18.2 Å². The van der Waals surface area contributed by atoms with E-state index < -0.39 is 11.9 Å². The maximum atomic E-state index is 11.9. The van der Waals surface area contributed by atoms with Crippen LogP contribution in [0.2, 0.25) is 10.0 Å². The minimum Gasteiger partial charge on any atom is -0.465 e. The summed E-state index contributed by atoms with van der Waals surface area (Å²) in [4.78, 5) is 23.7. The quantitative estimate of drug-likeness (QED) is 0.569. The van der Waals surface area contributed by atoms with Crippen molar-refractivity contribution in [2.45, 2.75) is 0 Å². The Kier molecular flexibility index (Phi) is 6.79. The number of methoxy groups -OCH3 is 2. The second kappa shape index (κ2) is 8.84. The van der Waals surface area contributed by atoms with E-state index in [4.69, 9.17) is 40.2 Å². The molecule has 2 aromatic carbocycles. The molecule has 2 rings (SSSR count). The Morgan fingerprint density at radius 2 is 1.62 bits per heavy atom. The van der Waals surface area contributed by atoms with Gasteiger partial charge in [0.2, 0.25) is 0 Å². The molecular weight excluding hydrogens is 399 g/mol. The summed E-state index contributed by atoms with van der Waals surface area (Å²) >= 11 is 17.3.